The van der Waals surface area contributed by atoms with Gasteiger partial charge in [-0.25, -0.2) is 0 Å². The molecule has 2 atom stereocenters. The van der Waals surface area contributed by atoms with Crippen molar-refractivity contribution in [3.63, 3.8) is 0 Å². The quantitative estimate of drug-likeness (QED) is 0.654. The molecule has 3 heterocycles. The molecule has 5 heteroatoms. The third kappa shape index (κ3) is 2.53. The average molecular weight is 253 g/mol. The van der Waals surface area contributed by atoms with Gasteiger partial charge in [0.15, 0.2) is 0 Å². The minimum atomic E-state index is 0.314. The molecule has 3 aliphatic heterocycles. The topological polar surface area (TPSA) is 36.0 Å². The van der Waals surface area contributed by atoms with Crippen LogP contribution in [0, 0.1) is 11.8 Å². The molecule has 18 heavy (non-hydrogen) atoms. The van der Waals surface area contributed by atoms with E-state index < -0.39 is 0 Å². The Kier molecular flexibility index (Phi) is 3.54. The third-order valence-electron chi connectivity index (χ3n) is 4.48. The second-order valence-electron chi connectivity index (χ2n) is 5.93. The van der Waals surface area contributed by atoms with Gasteiger partial charge in [0.1, 0.15) is 0 Å². The van der Waals surface area contributed by atoms with E-state index in [1.165, 1.54) is 0 Å². The Morgan fingerprint density at radius 3 is 2.33 bits per heavy atom. The molecule has 3 rings (SSSR count). The summed E-state index contributed by atoms with van der Waals surface area (Å²) in [4.78, 5) is 18.9. The van der Waals surface area contributed by atoms with E-state index >= 15 is 0 Å². The minimum Gasteiger partial charge on any atom is -0.379 e. The summed E-state index contributed by atoms with van der Waals surface area (Å²) in [7, 11) is 2.18. The van der Waals surface area contributed by atoms with Crippen molar-refractivity contribution in [2.24, 2.45) is 11.8 Å². The Morgan fingerprint density at radius 1 is 1.11 bits per heavy atom. The second kappa shape index (κ2) is 5.15. The van der Waals surface area contributed by atoms with Crippen molar-refractivity contribution >= 4 is 5.91 Å². The van der Waals surface area contributed by atoms with Crippen molar-refractivity contribution in [1.82, 2.24) is 14.7 Å². The zero-order valence-electron chi connectivity index (χ0n) is 11.2. The summed E-state index contributed by atoms with van der Waals surface area (Å²) in [5.41, 5.74) is 0. The molecular formula is C13H23N3O2. The molecule has 0 bridgehead atoms. The van der Waals surface area contributed by atoms with Crippen LogP contribution in [0.2, 0.25) is 0 Å². The zero-order chi connectivity index (χ0) is 12.5. The summed E-state index contributed by atoms with van der Waals surface area (Å²) in [6, 6.07) is 0. The molecule has 1 amide bonds. The lowest BCUT2D eigenvalue weighted by molar-refractivity contribution is -0.132. The fraction of sp³-hybridized carbons (Fsp3) is 0.923. The second-order valence-corrected chi connectivity index (χ2v) is 5.93. The molecule has 0 saturated carbocycles. The summed E-state index contributed by atoms with van der Waals surface area (Å²) in [6.07, 6.45) is 0. The number of likely N-dealkylation sites (tertiary alicyclic amines) is 2. The highest BCUT2D eigenvalue weighted by Crippen LogP contribution is 2.30. The maximum atomic E-state index is 12.3. The molecule has 0 aliphatic carbocycles. The van der Waals surface area contributed by atoms with E-state index in [1.54, 1.807) is 0 Å². The first kappa shape index (κ1) is 12.4. The van der Waals surface area contributed by atoms with E-state index in [1.807, 2.05) is 0 Å². The normalized spacial score (nSPS) is 33.9. The first-order valence-corrected chi connectivity index (χ1v) is 6.99. The van der Waals surface area contributed by atoms with E-state index in [9.17, 15) is 4.79 Å². The number of amides is 1. The Bertz CT molecular complexity index is 303. The monoisotopic (exact) mass is 253 g/mol. The molecule has 0 aromatic rings. The number of morpholine rings is 1. The predicted molar refractivity (Wildman–Crippen MR) is 68.3 cm³/mol. The van der Waals surface area contributed by atoms with Crippen LogP contribution in [0.3, 0.4) is 0 Å². The van der Waals surface area contributed by atoms with Gasteiger partial charge in [-0.1, -0.05) is 0 Å². The van der Waals surface area contributed by atoms with Crippen molar-refractivity contribution in [2.75, 3.05) is 66.1 Å². The molecule has 3 fully saturated rings. The third-order valence-corrected chi connectivity index (χ3v) is 4.48. The maximum absolute atomic E-state index is 12.3. The van der Waals surface area contributed by atoms with Crippen LogP contribution in [-0.2, 0) is 9.53 Å². The highest BCUT2D eigenvalue weighted by atomic mass is 16.5. The lowest BCUT2D eigenvalue weighted by Gasteiger charge is -2.28. The summed E-state index contributed by atoms with van der Waals surface area (Å²) in [6.45, 7) is 8.17. The van der Waals surface area contributed by atoms with Gasteiger partial charge in [0.05, 0.1) is 19.8 Å². The molecule has 3 saturated heterocycles. The van der Waals surface area contributed by atoms with Gasteiger partial charge < -0.3 is 14.5 Å². The summed E-state index contributed by atoms with van der Waals surface area (Å²) >= 11 is 0. The van der Waals surface area contributed by atoms with E-state index in [2.05, 4.69) is 21.7 Å². The number of ether oxygens (including phenoxy) is 1. The van der Waals surface area contributed by atoms with Crippen LogP contribution >= 0.6 is 0 Å². The number of carbonyl (C=O) groups is 1. The van der Waals surface area contributed by atoms with E-state index in [0.29, 0.717) is 24.3 Å². The van der Waals surface area contributed by atoms with Crippen molar-refractivity contribution in [3.05, 3.63) is 0 Å². The van der Waals surface area contributed by atoms with E-state index in [4.69, 9.17) is 4.74 Å². The SMILES string of the molecule is CN1C[C@@H]2CN(C(=O)CN3CCOCC3)C[C@@H]2C1. The number of rotatable bonds is 2. The predicted octanol–water partition coefficient (Wildman–Crippen LogP) is -0.661. The molecule has 102 valence electrons. The molecule has 0 N–H and O–H groups in total. The zero-order valence-corrected chi connectivity index (χ0v) is 11.2. The van der Waals surface area contributed by atoms with Crippen LogP contribution in [0.5, 0.6) is 0 Å². The molecule has 0 aromatic carbocycles. The molecule has 0 unspecified atom stereocenters. The Hall–Kier alpha value is -0.650. The molecule has 0 radical (unpaired) electrons. The highest BCUT2D eigenvalue weighted by molar-refractivity contribution is 5.78. The van der Waals surface area contributed by atoms with Crippen molar-refractivity contribution in [1.29, 1.82) is 0 Å². The molecule has 3 aliphatic rings. The molecule has 0 spiro atoms. The minimum absolute atomic E-state index is 0.314. The van der Waals surface area contributed by atoms with Gasteiger partial charge in [0, 0.05) is 39.3 Å². The van der Waals surface area contributed by atoms with E-state index in [0.717, 1.165) is 52.5 Å². The van der Waals surface area contributed by atoms with Gasteiger partial charge >= 0.3 is 0 Å². The van der Waals surface area contributed by atoms with Crippen molar-refractivity contribution in [2.45, 2.75) is 0 Å². The number of hydrogen-bond donors (Lipinski definition) is 0. The van der Waals surface area contributed by atoms with Crippen molar-refractivity contribution in [3.8, 4) is 0 Å². The standard InChI is InChI=1S/C13H23N3O2/c1-14-6-11-8-16(9-12(11)7-14)13(17)10-15-2-4-18-5-3-15/h11-12H,2-10H2,1H3/t11-,12+. The van der Waals surface area contributed by atoms with Crippen LogP contribution in [0.15, 0.2) is 0 Å². The maximum Gasteiger partial charge on any atom is 0.236 e. The van der Waals surface area contributed by atoms with Crippen LogP contribution < -0.4 is 0 Å². The highest BCUT2D eigenvalue weighted by Gasteiger charge is 2.40. The Morgan fingerprint density at radius 2 is 1.72 bits per heavy atom. The first-order chi connectivity index (χ1) is 8.72. The molecule has 0 aromatic heterocycles. The van der Waals surface area contributed by atoms with Gasteiger partial charge in [-0.3, -0.25) is 9.69 Å². The van der Waals surface area contributed by atoms with Gasteiger partial charge in [-0.2, -0.15) is 0 Å². The van der Waals surface area contributed by atoms with E-state index in [-0.39, 0.29) is 0 Å². The Labute approximate surface area is 109 Å². The summed E-state index contributed by atoms with van der Waals surface area (Å²) in [5.74, 6) is 1.74. The summed E-state index contributed by atoms with van der Waals surface area (Å²) < 4.78 is 5.31. The number of hydrogen-bond acceptors (Lipinski definition) is 4. The molecular weight excluding hydrogens is 230 g/mol. The molecule has 5 nitrogen and oxygen atoms in total. The van der Waals surface area contributed by atoms with Gasteiger partial charge in [-0.05, 0) is 18.9 Å². The number of nitrogens with zero attached hydrogens (tertiary/aromatic N) is 3. The first-order valence-electron chi connectivity index (χ1n) is 6.99. The fourth-order valence-corrected chi connectivity index (χ4v) is 3.48. The largest absolute Gasteiger partial charge is 0.379 e. The average Bonchev–Trinajstić information content (AvgIpc) is 2.87. The Balaban J connectivity index is 1.49. The number of fused-ring (bicyclic) bond motifs is 1. The lowest BCUT2D eigenvalue weighted by atomic mass is 10.0. The van der Waals surface area contributed by atoms with Gasteiger partial charge in [0.25, 0.3) is 0 Å². The summed E-state index contributed by atoms with van der Waals surface area (Å²) in [5, 5.41) is 0. The smallest absolute Gasteiger partial charge is 0.236 e. The van der Waals surface area contributed by atoms with Crippen LogP contribution in [0.25, 0.3) is 0 Å². The fourth-order valence-electron chi connectivity index (χ4n) is 3.48. The van der Waals surface area contributed by atoms with Crippen LogP contribution in [0.4, 0.5) is 0 Å². The van der Waals surface area contributed by atoms with Crippen LogP contribution in [0.1, 0.15) is 0 Å². The van der Waals surface area contributed by atoms with Crippen molar-refractivity contribution < 1.29 is 9.53 Å². The van der Waals surface area contributed by atoms with Gasteiger partial charge in [-0.15, -0.1) is 0 Å². The van der Waals surface area contributed by atoms with Crippen LogP contribution in [-0.4, -0.2) is 86.7 Å². The van der Waals surface area contributed by atoms with Gasteiger partial charge in [0.2, 0.25) is 5.91 Å². The lowest BCUT2D eigenvalue weighted by Crippen LogP contribution is -2.44. The number of carbonyl (C=O) groups excluding carboxylic acids is 1.